The number of rotatable bonds is 3. The van der Waals surface area contributed by atoms with Gasteiger partial charge in [0, 0.05) is 18.4 Å². The molecule has 0 spiro atoms. The van der Waals surface area contributed by atoms with Crippen LogP contribution in [0.3, 0.4) is 0 Å². The highest BCUT2D eigenvalue weighted by Crippen LogP contribution is 2.21. The second kappa shape index (κ2) is 5.58. The zero-order valence-electron chi connectivity index (χ0n) is 11.8. The lowest BCUT2D eigenvalue weighted by molar-refractivity contribution is 0.624. The summed E-state index contributed by atoms with van der Waals surface area (Å²) in [6.07, 6.45) is 4.00. The van der Waals surface area contributed by atoms with Crippen molar-refractivity contribution < 1.29 is 4.39 Å². The van der Waals surface area contributed by atoms with E-state index in [0.29, 0.717) is 6.42 Å². The van der Waals surface area contributed by atoms with Gasteiger partial charge in [0.2, 0.25) is 0 Å². The minimum absolute atomic E-state index is 0.152. The first-order valence-corrected chi connectivity index (χ1v) is 6.85. The molecule has 0 saturated carbocycles. The molecule has 3 nitrogen and oxygen atoms in total. The van der Waals surface area contributed by atoms with Gasteiger partial charge in [-0.3, -0.25) is 9.97 Å². The molecule has 0 aliphatic carbocycles. The topological polar surface area (TPSA) is 51.8 Å². The molecule has 2 N–H and O–H groups in total. The molecule has 3 aromatic rings. The van der Waals surface area contributed by atoms with Gasteiger partial charge >= 0.3 is 0 Å². The smallest absolute Gasteiger partial charge is 0.123 e. The van der Waals surface area contributed by atoms with Crippen molar-refractivity contribution in [3.63, 3.8) is 0 Å². The molecule has 0 fully saturated rings. The third-order valence-corrected chi connectivity index (χ3v) is 3.67. The first kappa shape index (κ1) is 13.6. The van der Waals surface area contributed by atoms with Crippen LogP contribution in [0, 0.1) is 12.7 Å². The Hall–Kier alpha value is -2.33. The Morgan fingerprint density at radius 2 is 1.81 bits per heavy atom. The molecule has 1 atom stereocenters. The summed E-state index contributed by atoms with van der Waals surface area (Å²) < 4.78 is 13.1. The van der Waals surface area contributed by atoms with E-state index in [1.54, 1.807) is 18.5 Å². The molecule has 0 amide bonds. The van der Waals surface area contributed by atoms with Crippen molar-refractivity contribution in [2.45, 2.75) is 19.4 Å². The van der Waals surface area contributed by atoms with Crippen LogP contribution in [0.4, 0.5) is 4.39 Å². The number of hydrogen-bond donors (Lipinski definition) is 1. The number of nitrogens with zero attached hydrogens (tertiary/aromatic N) is 2. The fraction of sp³-hybridized carbons (Fsp3) is 0.176. The minimum atomic E-state index is -0.217. The van der Waals surface area contributed by atoms with Gasteiger partial charge < -0.3 is 5.73 Å². The molecule has 3 rings (SSSR count). The molecule has 0 bridgehead atoms. The minimum Gasteiger partial charge on any atom is -0.324 e. The summed E-state index contributed by atoms with van der Waals surface area (Å²) in [4.78, 5) is 8.54. The maximum absolute atomic E-state index is 13.1. The van der Waals surface area contributed by atoms with Crippen LogP contribution in [-0.2, 0) is 6.42 Å². The van der Waals surface area contributed by atoms with E-state index in [2.05, 4.69) is 9.97 Å². The standard InChI is InChI=1S/C17H16FN3/c1-11-8-14(18)4-2-12(11)9-15(19)13-3-5-16-17(10-13)21-7-6-20-16/h2-8,10,15H,9,19H2,1H3. The van der Waals surface area contributed by atoms with Crippen LogP contribution in [0.5, 0.6) is 0 Å². The van der Waals surface area contributed by atoms with Crippen molar-refractivity contribution in [2.24, 2.45) is 5.73 Å². The number of halogens is 1. The summed E-state index contributed by atoms with van der Waals surface area (Å²) in [6.45, 7) is 1.90. The van der Waals surface area contributed by atoms with Crippen LogP contribution >= 0.6 is 0 Å². The quantitative estimate of drug-likeness (QED) is 0.801. The SMILES string of the molecule is Cc1cc(F)ccc1CC(N)c1ccc2nccnc2c1. The maximum Gasteiger partial charge on any atom is 0.123 e. The molecule has 0 aliphatic heterocycles. The van der Waals surface area contributed by atoms with Crippen molar-refractivity contribution in [3.8, 4) is 0 Å². The van der Waals surface area contributed by atoms with E-state index in [0.717, 1.165) is 27.7 Å². The van der Waals surface area contributed by atoms with Crippen LogP contribution in [0.25, 0.3) is 11.0 Å². The monoisotopic (exact) mass is 281 g/mol. The molecule has 1 unspecified atom stereocenters. The molecule has 106 valence electrons. The van der Waals surface area contributed by atoms with Gasteiger partial charge in [0.1, 0.15) is 5.82 Å². The van der Waals surface area contributed by atoms with Crippen LogP contribution in [0.1, 0.15) is 22.7 Å². The Balaban J connectivity index is 1.87. The van der Waals surface area contributed by atoms with Gasteiger partial charge in [0.25, 0.3) is 0 Å². The van der Waals surface area contributed by atoms with Gasteiger partial charge in [0.05, 0.1) is 11.0 Å². The maximum atomic E-state index is 13.1. The summed E-state index contributed by atoms with van der Waals surface area (Å²) in [7, 11) is 0. The fourth-order valence-electron chi connectivity index (χ4n) is 2.45. The zero-order valence-corrected chi connectivity index (χ0v) is 11.8. The molecular weight excluding hydrogens is 265 g/mol. The van der Waals surface area contributed by atoms with E-state index in [1.165, 1.54) is 12.1 Å². The summed E-state index contributed by atoms with van der Waals surface area (Å²) in [5, 5.41) is 0. The number of nitrogens with two attached hydrogens (primary N) is 1. The predicted molar refractivity (Wildman–Crippen MR) is 81.3 cm³/mol. The number of fused-ring (bicyclic) bond motifs is 1. The third kappa shape index (κ3) is 2.90. The molecule has 2 aromatic carbocycles. The highest BCUT2D eigenvalue weighted by atomic mass is 19.1. The van der Waals surface area contributed by atoms with E-state index in [9.17, 15) is 4.39 Å². The van der Waals surface area contributed by atoms with Gasteiger partial charge in [-0.15, -0.1) is 0 Å². The summed E-state index contributed by atoms with van der Waals surface area (Å²) in [5.74, 6) is -0.217. The largest absolute Gasteiger partial charge is 0.324 e. The Kier molecular flexibility index (Phi) is 3.62. The average Bonchev–Trinajstić information content (AvgIpc) is 2.49. The Bertz CT molecular complexity index is 786. The van der Waals surface area contributed by atoms with Gasteiger partial charge in [-0.2, -0.15) is 0 Å². The Morgan fingerprint density at radius 3 is 2.57 bits per heavy atom. The molecule has 4 heteroatoms. The second-order valence-corrected chi connectivity index (χ2v) is 5.19. The van der Waals surface area contributed by atoms with Crippen LogP contribution in [-0.4, -0.2) is 9.97 Å². The van der Waals surface area contributed by atoms with E-state index in [-0.39, 0.29) is 11.9 Å². The summed E-state index contributed by atoms with van der Waals surface area (Å²) in [5.41, 5.74) is 11.0. The second-order valence-electron chi connectivity index (χ2n) is 5.19. The van der Waals surface area contributed by atoms with Crippen molar-refractivity contribution in [1.82, 2.24) is 9.97 Å². The summed E-state index contributed by atoms with van der Waals surface area (Å²) in [6, 6.07) is 10.5. The highest BCUT2D eigenvalue weighted by molar-refractivity contribution is 5.74. The number of aromatic nitrogens is 2. The lowest BCUT2D eigenvalue weighted by atomic mass is 9.96. The predicted octanol–water partition coefficient (Wildman–Crippen LogP) is 3.32. The van der Waals surface area contributed by atoms with E-state index < -0.39 is 0 Å². The van der Waals surface area contributed by atoms with Gasteiger partial charge in [-0.25, -0.2) is 4.39 Å². The van der Waals surface area contributed by atoms with Crippen molar-refractivity contribution in [2.75, 3.05) is 0 Å². The molecule has 1 heterocycles. The van der Waals surface area contributed by atoms with E-state index in [1.807, 2.05) is 25.1 Å². The average molecular weight is 281 g/mol. The number of aryl methyl sites for hydroxylation is 1. The van der Waals surface area contributed by atoms with Crippen LogP contribution < -0.4 is 5.73 Å². The van der Waals surface area contributed by atoms with Crippen LogP contribution in [0.2, 0.25) is 0 Å². The number of benzene rings is 2. The van der Waals surface area contributed by atoms with E-state index in [4.69, 9.17) is 5.73 Å². The molecule has 1 aromatic heterocycles. The van der Waals surface area contributed by atoms with Crippen LogP contribution in [0.15, 0.2) is 48.8 Å². The Morgan fingerprint density at radius 1 is 1.05 bits per heavy atom. The summed E-state index contributed by atoms with van der Waals surface area (Å²) >= 11 is 0. The van der Waals surface area contributed by atoms with Gasteiger partial charge in [0.15, 0.2) is 0 Å². The van der Waals surface area contributed by atoms with Crippen molar-refractivity contribution >= 4 is 11.0 Å². The third-order valence-electron chi connectivity index (χ3n) is 3.67. The first-order chi connectivity index (χ1) is 10.1. The van der Waals surface area contributed by atoms with E-state index >= 15 is 0 Å². The molecule has 21 heavy (non-hydrogen) atoms. The number of hydrogen-bond acceptors (Lipinski definition) is 3. The van der Waals surface area contributed by atoms with Crippen molar-refractivity contribution in [3.05, 3.63) is 71.3 Å². The molecular formula is C17H16FN3. The van der Waals surface area contributed by atoms with Gasteiger partial charge in [-0.1, -0.05) is 12.1 Å². The van der Waals surface area contributed by atoms with Gasteiger partial charge in [-0.05, 0) is 54.3 Å². The first-order valence-electron chi connectivity index (χ1n) is 6.85. The highest BCUT2D eigenvalue weighted by Gasteiger charge is 2.10. The zero-order chi connectivity index (χ0) is 14.8. The Labute approximate surface area is 122 Å². The lowest BCUT2D eigenvalue weighted by Crippen LogP contribution is -2.14. The molecule has 0 radical (unpaired) electrons. The molecule has 0 aliphatic rings. The normalized spacial score (nSPS) is 12.5. The molecule has 0 saturated heterocycles. The lowest BCUT2D eigenvalue weighted by Gasteiger charge is -2.14. The van der Waals surface area contributed by atoms with Crippen molar-refractivity contribution in [1.29, 1.82) is 0 Å². The fourth-order valence-corrected chi connectivity index (χ4v) is 2.45.